The lowest BCUT2D eigenvalue weighted by Gasteiger charge is -2.27. The van der Waals surface area contributed by atoms with Crippen LogP contribution in [0, 0.1) is 29.2 Å². The van der Waals surface area contributed by atoms with Gasteiger partial charge in [-0.3, -0.25) is 0 Å². The van der Waals surface area contributed by atoms with Gasteiger partial charge in [0.15, 0.2) is 11.6 Å². The maximum absolute atomic E-state index is 14.8. The van der Waals surface area contributed by atoms with Crippen molar-refractivity contribution in [3.8, 4) is 16.9 Å². The normalized spacial score (nSPS) is 18.3. The Morgan fingerprint density at radius 3 is 1.87 bits per heavy atom. The molecule has 3 aromatic rings. The number of alkyl halides is 5. The van der Waals surface area contributed by atoms with Gasteiger partial charge >= 0.3 is 12.3 Å². The molecule has 0 bridgehead atoms. The maximum atomic E-state index is 14.8. The van der Waals surface area contributed by atoms with E-state index in [1.54, 1.807) is 24.3 Å². The van der Waals surface area contributed by atoms with Crippen molar-refractivity contribution in [1.29, 1.82) is 0 Å². The second-order valence-corrected chi connectivity index (χ2v) is 9.14. The fourth-order valence-corrected chi connectivity index (χ4v) is 4.70. The Morgan fingerprint density at radius 2 is 1.34 bits per heavy atom. The van der Waals surface area contributed by atoms with Crippen LogP contribution in [0.4, 0.5) is 39.5 Å². The molecule has 0 radical (unpaired) electrons. The quantitative estimate of drug-likeness (QED) is 0.222. The second kappa shape index (κ2) is 10.4. The first-order chi connectivity index (χ1) is 17.8. The Balaban J connectivity index is 1.56. The van der Waals surface area contributed by atoms with Gasteiger partial charge in [0.2, 0.25) is 0 Å². The van der Waals surface area contributed by atoms with Crippen LogP contribution >= 0.6 is 0 Å². The molecule has 0 spiro atoms. The number of hydrogen-bond donors (Lipinski definition) is 0. The summed E-state index contributed by atoms with van der Waals surface area (Å²) in [5.41, 5.74) is -2.96. The average Bonchev–Trinajstić information content (AvgIpc) is 2.84. The standard InChI is InChI=1S/C28H21F9O/c1-2-15-3-5-16(6-4-15)17-7-9-18(10-8-17)20-11-12-21(26(32)25(20)31)28(36,37)38-19-13-22(29)24(23(30)14-19)27(33,34)35/h2,7-16H,1,3-6H2. The van der Waals surface area contributed by atoms with Gasteiger partial charge in [-0.1, -0.05) is 36.4 Å². The minimum atomic E-state index is -5.43. The molecule has 1 saturated carbocycles. The molecule has 0 saturated heterocycles. The lowest BCUT2D eigenvalue weighted by molar-refractivity contribution is -0.188. The van der Waals surface area contributed by atoms with Crippen LogP contribution in [0.2, 0.25) is 0 Å². The van der Waals surface area contributed by atoms with Gasteiger partial charge in [0.05, 0.1) is 0 Å². The van der Waals surface area contributed by atoms with Crippen LogP contribution in [0.25, 0.3) is 11.1 Å². The third kappa shape index (κ3) is 5.54. The van der Waals surface area contributed by atoms with E-state index in [2.05, 4.69) is 11.3 Å². The molecule has 0 aromatic heterocycles. The first-order valence-electron chi connectivity index (χ1n) is 11.7. The summed E-state index contributed by atoms with van der Waals surface area (Å²) in [7, 11) is 0. The first kappa shape index (κ1) is 27.6. The molecule has 0 heterocycles. The van der Waals surface area contributed by atoms with E-state index in [1.165, 1.54) is 0 Å². The van der Waals surface area contributed by atoms with Gasteiger partial charge < -0.3 is 4.74 Å². The van der Waals surface area contributed by atoms with Crippen LogP contribution in [0.5, 0.6) is 5.75 Å². The van der Waals surface area contributed by atoms with Crippen LogP contribution in [0.1, 0.15) is 48.3 Å². The summed E-state index contributed by atoms with van der Waals surface area (Å²) < 4.78 is 128. The van der Waals surface area contributed by atoms with Crippen LogP contribution in [0.3, 0.4) is 0 Å². The van der Waals surface area contributed by atoms with Crippen molar-refractivity contribution in [2.45, 2.75) is 43.9 Å². The van der Waals surface area contributed by atoms with E-state index in [-0.39, 0.29) is 23.3 Å². The zero-order chi connectivity index (χ0) is 27.8. The van der Waals surface area contributed by atoms with Gasteiger partial charge in [0.25, 0.3) is 0 Å². The zero-order valence-electron chi connectivity index (χ0n) is 19.7. The molecule has 0 aliphatic heterocycles. The Bertz CT molecular complexity index is 1300. The molecule has 1 aliphatic rings. The van der Waals surface area contributed by atoms with E-state index >= 15 is 0 Å². The highest BCUT2D eigenvalue weighted by molar-refractivity contribution is 5.65. The predicted octanol–water partition coefficient (Wildman–Crippen LogP) is 9.52. The summed E-state index contributed by atoms with van der Waals surface area (Å²) in [6.07, 6.45) is -4.25. The molecule has 0 atom stereocenters. The van der Waals surface area contributed by atoms with Gasteiger partial charge in [-0.15, -0.1) is 6.58 Å². The fourth-order valence-electron chi connectivity index (χ4n) is 4.70. The second-order valence-electron chi connectivity index (χ2n) is 9.14. The minimum Gasteiger partial charge on any atom is -0.429 e. The molecular formula is C28H21F9O. The van der Waals surface area contributed by atoms with Crippen molar-refractivity contribution in [3.05, 3.63) is 101 Å². The molecule has 38 heavy (non-hydrogen) atoms. The third-order valence-electron chi connectivity index (χ3n) is 6.74. The largest absolute Gasteiger partial charge is 0.429 e. The Hall–Kier alpha value is -3.43. The lowest BCUT2D eigenvalue weighted by atomic mass is 9.78. The van der Waals surface area contributed by atoms with Gasteiger partial charge in [0.1, 0.15) is 28.5 Å². The SMILES string of the molecule is C=CC1CCC(c2ccc(-c3ccc(C(F)(F)Oc4cc(F)c(C(F)(F)F)c(F)c4)c(F)c3F)cc2)CC1. The molecule has 1 nitrogen and oxygen atoms in total. The van der Waals surface area contributed by atoms with Crippen molar-refractivity contribution >= 4 is 0 Å². The highest BCUT2D eigenvalue weighted by Gasteiger charge is 2.42. The number of allylic oxidation sites excluding steroid dienone is 1. The molecule has 3 aromatic carbocycles. The fraction of sp³-hybridized carbons (Fsp3) is 0.286. The smallest absolute Gasteiger partial charge is 0.429 e. The summed E-state index contributed by atoms with van der Waals surface area (Å²) in [6, 6.07) is 7.83. The average molecular weight is 544 g/mol. The van der Waals surface area contributed by atoms with E-state index in [9.17, 15) is 39.5 Å². The van der Waals surface area contributed by atoms with Crippen LogP contribution in [0.15, 0.2) is 61.2 Å². The Labute approximate surface area is 212 Å². The molecule has 202 valence electrons. The number of ether oxygens (including phenoxy) is 1. The highest BCUT2D eigenvalue weighted by Crippen LogP contribution is 2.41. The van der Waals surface area contributed by atoms with Gasteiger partial charge in [-0.25, -0.2) is 17.6 Å². The van der Waals surface area contributed by atoms with Gasteiger partial charge in [-0.2, -0.15) is 22.0 Å². The lowest BCUT2D eigenvalue weighted by Crippen LogP contribution is -2.24. The molecule has 0 N–H and O–H groups in total. The molecule has 4 rings (SSSR count). The van der Waals surface area contributed by atoms with Gasteiger partial charge in [-0.05, 0) is 54.7 Å². The van der Waals surface area contributed by atoms with Gasteiger partial charge in [0, 0.05) is 17.7 Å². The predicted molar refractivity (Wildman–Crippen MR) is 123 cm³/mol. The molecule has 0 unspecified atom stereocenters. The number of hydrogen-bond acceptors (Lipinski definition) is 1. The van der Waals surface area contributed by atoms with Crippen molar-refractivity contribution in [2.75, 3.05) is 0 Å². The number of rotatable bonds is 6. The summed E-state index contributed by atoms with van der Waals surface area (Å²) in [5.74, 6) is -8.58. The molecule has 10 heteroatoms. The van der Waals surface area contributed by atoms with Crippen LogP contribution in [-0.4, -0.2) is 0 Å². The first-order valence-corrected chi connectivity index (χ1v) is 11.7. The van der Waals surface area contributed by atoms with Crippen molar-refractivity contribution in [2.24, 2.45) is 5.92 Å². The van der Waals surface area contributed by atoms with E-state index in [0.717, 1.165) is 37.3 Å². The Kier molecular flexibility index (Phi) is 7.54. The topological polar surface area (TPSA) is 9.23 Å². The summed E-state index contributed by atoms with van der Waals surface area (Å²) in [4.78, 5) is 0. The Morgan fingerprint density at radius 1 is 0.763 bits per heavy atom. The monoisotopic (exact) mass is 544 g/mol. The van der Waals surface area contributed by atoms with E-state index in [4.69, 9.17) is 0 Å². The maximum Gasteiger partial charge on any atom is 0.429 e. The number of benzene rings is 3. The van der Waals surface area contributed by atoms with Crippen molar-refractivity contribution < 1.29 is 44.3 Å². The van der Waals surface area contributed by atoms with Crippen LogP contribution in [-0.2, 0) is 12.3 Å². The third-order valence-corrected chi connectivity index (χ3v) is 6.74. The summed E-state index contributed by atoms with van der Waals surface area (Å²) in [5, 5.41) is 0. The van der Waals surface area contributed by atoms with Crippen LogP contribution < -0.4 is 4.74 Å². The molecule has 0 amide bonds. The molecule has 1 fully saturated rings. The summed E-state index contributed by atoms with van der Waals surface area (Å²) >= 11 is 0. The minimum absolute atomic E-state index is 0.117. The zero-order valence-corrected chi connectivity index (χ0v) is 19.7. The van der Waals surface area contributed by atoms with E-state index in [1.807, 2.05) is 6.08 Å². The molecule has 1 aliphatic carbocycles. The highest BCUT2D eigenvalue weighted by atomic mass is 19.4. The van der Waals surface area contributed by atoms with Crippen molar-refractivity contribution in [3.63, 3.8) is 0 Å². The number of halogens is 9. The van der Waals surface area contributed by atoms with Crippen molar-refractivity contribution in [1.82, 2.24) is 0 Å². The summed E-state index contributed by atoms with van der Waals surface area (Å²) in [6.45, 7) is 3.81. The van der Waals surface area contributed by atoms with E-state index < -0.39 is 52.4 Å². The molecular weight excluding hydrogens is 523 g/mol. The van der Waals surface area contributed by atoms with E-state index in [0.29, 0.717) is 17.9 Å².